The highest BCUT2D eigenvalue weighted by Crippen LogP contribution is 2.17. The first-order valence-electron chi connectivity index (χ1n) is 16.1. The largest absolute Gasteiger partial charge is 1.00 e. The van der Waals surface area contributed by atoms with E-state index in [1.165, 1.54) is 177 Å². The molecular weight excluding hydrogens is 572 g/mol. The van der Waals surface area contributed by atoms with Crippen LogP contribution in [-0.2, 0) is 0 Å². The van der Waals surface area contributed by atoms with Gasteiger partial charge in [-0.25, -0.2) is 0 Å². The Balaban J connectivity index is -0.00000544. The van der Waals surface area contributed by atoms with E-state index >= 15 is 0 Å². The van der Waals surface area contributed by atoms with Gasteiger partial charge in [-0.3, -0.25) is 0 Å². The fraction of sp³-hybridized carbons (Fsp3) is 1.00. The number of hydrogen-bond donors (Lipinski definition) is 0. The van der Waals surface area contributed by atoms with E-state index in [1.54, 1.807) is 0 Å². The number of quaternary nitrogens is 2. The maximum atomic E-state index is 2.57. The third kappa shape index (κ3) is 25.2. The molecule has 0 fully saturated rings. The molecule has 0 rings (SSSR count). The van der Waals surface area contributed by atoms with Gasteiger partial charge in [0.05, 0.1) is 53.4 Å². The summed E-state index contributed by atoms with van der Waals surface area (Å²) >= 11 is 0. The van der Waals surface area contributed by atoms with Crippen molar-refractivity contribution in [2.24, 2.45) is 0 Å². The van der Waals surface area contributed by atoms with Crippen LogP contribution in [0, 0.1) is 0 Å². The van der Waals surface area contributed by atoms with Crippen LogP contribution in [0.2, 0.25) is 0 Å². The first-order chi connectivity index (χ1) is 16.4. The van der Waals surface area contributed by atoms with Crippen molar-refractivity contribution >= 4 is 0 Å². The maximum Gasteiger partial charge on any atom is 0.0784 e. The van der Waals surface area contributed by atoms with Gasteiger partial charge in [-0.15, -0.1) is 0 Å². The smallest absolute Gasteiger partial charge is 0.0784 e. The second kappa shape index (κ2) is 28.9. The van der Waals surface area contributed by atoms with Crippen LogP contribution < -0.4 is 34.0 Å². The second-order valence-corrected chi connectivity index (χ2v) is 12.2. The number of nitrogens with zero attached hydrogens (tertiary/aromatic N) is 2. The maximum absolute atomic E-state index is 2.57. The van der Waals surface area contributed by atoms with E-state index in [0.717, 1.165) is 0 Å². The van der Waals surface area contributed by atoms with E-state index in [0.29, 0.717) is 0 Å². The van der Waals surface area contributed by atoms with Gasteiger partial charge in [-0.1, -0.05) is 79.1 Å². The Labute approximate surface area is 251 Å². The Morgan fingerprint density at radius 2 is 0.444 bits per heavy atom. The molecule has 2 nitrogen and oxygen atoms in total. The Morgan fingerprint density at radius 3 is 0.611 bits per heavy atom. The molecule has 4 heteroatoms. The summed E-state index contributed by atoms with van der Waals surface area (Å²) in [4.78, 5) is 0. The molecule has 0 amide bonds. The summed E-state index contributed by atoms with van der Waals surface area (Å²) in [5.41, 5.74) is 0. The van der Waals surface area contributed by atoms with Crippen LogP contribution >= 0.6 is 0 Å². The average Bonchev–Trinajstić information content (AvgIpc) is 2.83. The molecule has 222 valence electrons. The summed E-state index contributed by atoms with van der Waals surface area (Å²) in [6, 6.07) is 0. The number of halogens is 2. The van der Waals surface area contributed by atoms with Crippen LogP contribution in [0.25, 0.3) is 0 Å². The van der Waals surface area contributed by atoms with Gasteiger partial charge in [-0.05, 0) is 77.0 Å². The third-order valence-corrected chi connectivity index (χ3v) is 8.35. The summed E-state index contributed by atoms with van der Waals surface area (Å²) in [5, 5.41) is 0. The highest BCUT2D eigenvalue weighted by Gasteiger charge is 2.22. The molecule has 0 unspecified atom stereocenters. The van der Waals surface area contributed by atoms with Crippen molar-refractivity contribution in [3.63, 3.8) is 0 Å². The molecule has 36 heavy (non-hydrogen) atoms. The molecular formula is C32H70Br2N2. The number of hydrogen-bond acceptors (Lipinski definition) is 0. The molecule has 0 aliphatic rings. The zero-order valence-electron chi connectivity index (χ0n) is 26.0. The first kappa shape index (κ1) is 41.4. The molecule has 0 heterocycles. The SMILES string of the molecule is CCCCCC[N+](C)(CCCCCC)CCCCCC[N+](C)(CCCCCC)CCCCCC.[Br-].[Br-]. The van der Waals surface area contributed by atoms with Gasteiger partial charge in [0, 0.05) is 0 Å². The number of rotatable bonds is 27. The van der Waals surface area contributed by atoms with Crippen molar-refractivity contribution in [3.05, 3.63) is 0 Å². The predicted molar refractivity (Wildman–Crippen MR) is 157 cm³/mol. The molecule has 0 N–H and O–H groups in total. The van der Waals surface area contributed by atoms with Crippen molar-refractivity contribution in [1.29, 1.82) is 0 Å². The summed E-state index contributed by atoms with van der Waals surface area (Å²) in [5.74, 6) is 0. The van der Waals surface area contributed by atoms with Crippen LogP contribution in [0.4, 0.5) is 0 Å². The van der Waals surface area contributed by atoms with Gasteiger partial charge in [-0.2, -0.15) is 0 Å². The van der Waals surface area contributed by atoms with Crippen LogP contribution in [0.3, 0.4) is 0 Å². The average molecular weight is 643 g/mol. The lowest BCUT2D eigenvalue weighted by Crippen LogP contribution is -3.00. The van der Waals surface area contributed by atoms with E-state index in [-0.39, 0.29) is 34.0 Å². The van der Waals surface area contributed by atoms with Gasteiger partial charge in [0.1, 0.15) is 0 Å². The standard InChI is InChI=1S/C32H70N2.2BrH/c1-7-11-15-21-27-33(5,28-22-16-12-8-2)31-25-19-20-26-32-34(6,29-23-17-13-9-3)30-24-18-14-10-4;;/h7-32H2,1-6H3;2*1H/q+2;;/p-2. The summed E-state index contributed by atoms with van der Waals surface area (Å²) in [6.45, 7) is 17.8. The zero-order chi connectivity index (χ0) is 25.4. The highest BCUT2D eigenvalue weighted by molar-refractivity contribution is 4.52. The Bertz CT molecular complexity index is 355. The molecule has 0 aromatic rings. The molecule has 0 radical (unpaired) electrons. The zero-order valence-corrected chi connectivity index (χ0v) is 29.2. The van der Waals surface area contributed by atoms with Crippen molar-refractivity contribution in [3.8, 4) is 0 Å². The van der Waals surface area contributed by atoms with Crippen molar-refractivity contribution in [1.82, 2.24) is 0 Å². The molecule has 0 aromatic heterocycles. The molecule has 0 aliphatic carbocycles. The molecule has 0 saturated carbocycles. The normalized spacial score (nSPS) is 11.8. The fourth-order valence-electron chi connectivity index (χ4n) is 5.69. The van der Waals surface area contributed by atoms with Gasteiger partial charge >= 0.3 is 0 Å². The topological polar surface area (TPSA) is 0 Å². The van der Waals surface area contributed by atoms with E-state index < -0.39 is 0 Å². The lowest BCUT2D eigenvalue weighted by Gasteiger charge is -2.36. The quantitative estimate of drug-likeness (QED) is 0.0947. The Kier molecular flexibility index (Phi) is 33.2. The number of unbranched alkanes of at least 4 members (excludes halogenated alkanes) is 15. The van der Waals surface area contributed by atoms with Crippen LogP contribution in [0.1, 0.15) is 156 Å². The lowest BCUT2D eigenvalue weighted by molar-refractivity contribution is -0.911. The Morgan fingerprint density at radius 1 is 0.278 bits per heavy atom. The van der Waals surface area contributed by atoms with Gasteiger partial charge in [0.15, 0.2) is 0 Å². The van der Waals surface area contributed by atoms with Crippen molar-refractivity contribution in [2.75, 3.05) is 53.4 Å². The van der Waals surface area contributed by atoms with Crippen LogP contribution in [0.15, 0.2) is 0 Å². The lowest BCUT2D eigenvalue weighted by atomic mass is 10.1. The fourth-order valence-corrected chi connectivity index (χ4v) is 5.69. The second-order valence-electron chi connectivity index (χ2n) is 12.2. The predicted octanol–water partition coefficient (Wildman–Crippen LogP) is 3.77. The monoisotopic (exact) mass is 640 g/mol. The van der Waals surface area contributed by atoms with Crippen LogP contribution in [-0.4, -0.2) is 62.3 Å². The highest BCUT2D eigenvalue weighted by atomic mass is 79.9. The first-order valence-corrected chi connectivity index (χ1v) is 16.1. The molecule has 0 aromatic carbocycles. The summed E-state index contributed by atoms with van der Waals surface area (Å²) < 4.78 is 2.69. The molecule has 0 atom stereocenters. The molecule has 0 bridgehead atoms. The minimum absolute atomic E-state index is 0. The molecule has 0 spiro atoms. The van der Waals surface area contributed by atoms with Crippen LogP contribution in [0.5, 0.6) is 0 Å². The van der Waals surface area contributed by atoms with Crippen molar-refractivity contribution in [2.45, 2.75) is 156 Å². The minimum atomic E-state index is 0. The summed E-state index contributed by atoms with van der Waals surface area (Å²) in [6.07, 6.45) is 28.4. The van der Waals surface area contributed by atoms with Crippen molar-refractivity contribution < 1.29 is 42.9 Å². The van der Waals surface area contributed by atoms with E-state index in [1.807, 2.05) is 0 Å². The third-order valence-electron chi connectivity index (χ3n) is 8.35. The summed E-state index contributed by atoms with van der Waals surface area (Å²) in [7, 11) is 5.14. The van der Waals surface area contributed by atoms with Gasteiger partial charge in [0.2, 0.25) is 0 Å². The Hall–Kier alpha value is 0.880. The van der Waals surface area contributed by atoms with Gasteiger partial charge in [0.25, 0.3) is 0 Å². The van der Waals surface area contributed by atoms with E-state index in [4.69, 9.17) is 0 Å². The van der Waals surface area contributed by atoms with E-state index in [2.05, 4.69) is 41.8 Å². The van der Waals surface area contributed by atoms with E-state index in [9.17, 15) is 0 Å². The minimum Gasteiger partial charge on any atom is -1.00 e. The van der Waals surface area contributed by atoms with Gasteiger partial charge < -0.3 is 42.9 Å². The molecule has 0 saturated heterocycles. The molecule has 0 aliphatic heterocycles.